The van der Waals surface area contributed by atoms with E-state index in [0.717, 1.165) is 18.2 Å². The first-order valence-electron chi connectivity index (χ1n) is 7.50. The molecule has 0 spiro atoms. The highest BCUT2D eigenvalue weighted by Gasteiger charge is 2.28. The summed E-state index contributed by atoms with van der Waals surface area (Å²) in [5, 5.41) is 7.15. The summed E-state index contributed by atoms with van der Waals surface area (Å²) >= 11 is 0. The lowest BCUT2D eigenvalue weighted by molar-refractivity contribution is 0.422. The van der Waals surface area contributed by atoms with Gasteiger partial charge in [0.2, 0.25) is 0 Å². The fourth-order valence-electron chi connectivity index (χ4n) is 2.40. The van der Waals surface area contributed by atoms with Gasteiger partial charge < -0.3 is 14.4 Å². The van der Waals surface area contributed by atoms with E-state index in [-0.39, 0.29) is 0 Å². The summed E-state index contributed by atoms with van der Waals surface area (Å²) in [5.41, 5.74) is 1.25. The predicted octanol–water partition coefficient (Wildman–Crippen LogP) is 2.80. The molecule has 1 aliphatic rings. The van der Waals surface area contributed by atoms with Crippen molar-refractivity contribution in [1.29, 1.82) is 0 Å². The van der Waals surface area contributed by atoms with E-state index < -0.39 is 0 Å². The molecular weight excluding hydrogens is 278 g/mol. The molecule has 3 aromatic rings. The molecule has 0 radical (unpaired) electrons. The molecule has 1 saturated carbocycles. The van der Waals surface area contributed by atoms with Gasteiger partial charge in [-0.25, -0.2) is 4.98 Å². The SMILES string of the molecule is c1ccc(Cn2ccnc2CNc2nc(C3CC3)no2)cc1. The van der Waals surface area contributed by atoms with Gasteiger partial charge in [-0.3, -0.25) is 0 Å². The van der Waals surface area contributed by atoms with Gasteiger partial charge in [0.05, 0.1) is 6.54 Å². The zero-order valence-electron chi connectivity index (χ0n) is 12.1. The van der Waals surface area contributed by atoms with Crippen molar-refractivity contribution in [3.8, 4) is 0 Å². The lowest BCUT2D eigenvalue weighted by atomic mass is 10.2. The maximum absolute atomic E-state index is 5.21. The van der Waals surface area contributed by atoms with Gasteiger partial charge in [0.15, 0.2) is 5.82 Å². The minimum Gasteiger partial charge on any atom is -0.331 e. The highest BCUT2D eigenvalue weighted by Crippen LogP contribution is 2.38. The van der Waals surface area contributed by atoms with Crippen LogP contribution in [0.5, 0.6) is 0 Å². The summed E-state index contributed by atoms with van der Waals surface area (Å²) in [6.45, 7) is 1.36. The zero-order valence-corrected chi connectivity index (χ0v) is 12.1. The van der Waals surface area contributed by atoms with Crippen LogP contribution in [0.15, 0.2) is 47.2 Å². The van der Waals surface area contributed by atoms with E-state index in [1.807, 2.05) is 30.6 Å². The van der Waals surface area contributed by atoms with Crippen LogP contribution in [0.4, 0.5) is 6.01 Å². The Morgan fingerprint density at radius 1 is 1.23 bits per heavy atom. The highest BCUT2D eigenvalue weighted by molar-refractivity contribution is 5.22. The number of benzene rings is 1. The first-order chi connectivity index (χ1) is 10.9. The summed E-state index contributed by atoms with van der Waals surface area (Å²) in [6, 6.07) is 10.8. The predicted molar refractivity (Wildman–Crippen MR) is 81.4 cm³/mol. The minimum absolute atomic E-state index is 0.469. The Morgan fingerprint density at radius 2 is 2.09 bits per heavy atom. The minimum atomic E-state index is 0.469. The smallest absolute Gasteiger partial charge is 0.321 e. The van der Waals surface area contributed by atoms with E-state index in [4.69, 9.17) is 4.52 Å². The molecule has 2 aromatic heterocycles. The van der Waals surface area contributed by atoms with Gasteiger partial charge in [0.1, 0.15) is 5.82 Å². The molecule has 1 aromatic carbocycles. The molecule has 0 saturated heterocycles. The molecule has 0 atom stereocenters. The Morgan fingerprint density at radius 3 is 2.91 bits per heavy atom. The van der Waals surface area contributed by atoms with Gasteiger partial charge in [-0.05, 0) is 18.4 Å². The van der Waals surface area contributed by atoms with Gasteiger partial charge >= 0.3 is 6.01 Å². The molecule has 112 valence electrons. The van der Waals surface area contributed by atoms with Crippen molar-refractivity contribution in [3.05, 3.63) is 59.9 Å². The van der Waals surface area contributed by atoms with E-state index in [9.17, 15) is 0 Å². The van der Waals surface area contributed by atoms with E-state index in [0.29, 0.717) is 18.5 Å². The number of hydrogen-bond acceptors (Lipinski definition) is 5. The quantitative estimate of drug-likeness (QED) is 0.757. The van der Waals surface area contributed by atoms with Crippen molar-refractivity contribution in [1.82, 2.24) is 19.7 Å². The fraction of sp³-hybridized carbons (Fsp3) is 0.312. The molecule has 22 heavy (non-hydrogen) atoms. The van der Waals surface area contributed by atoms with Crippen molar-refractivity contribution in [2.45, 2.75) is 31.8 Å². The van der Waals surface area contributed by atoms with Gasteiger partial charge in [-0.2, -0.15) is 4.98 Å². The lowest BCUT2D eigenvalue weighted by Gasteiger charge is -2.07. The van der Waals surface area contributed by atoms with Crippen LogP contribution in [-0.2, 0) is 13.1 Å². The molecule has 0 amide bonds. The Balaban J connectivity index is 1.41. The van der Waals surface area contributed by atoms with E-state index in [1.54, 1.807) is 0 Å². The number of anilines is 1. The largest absolute Gasteiger partial charge is 0.331 e. The van der Waals surface area contributed by atoms with Gasteiger partial charge in [-0.15, -0.1) is 0 Å². The summed E-state index contributed by atoms with van der Waals surface area (Å²) in [7, 11) is 0. The van der Waals surface area contributed by atoms with Crippen molar-refractivity contribution < 1.29 is 4.52 Å². The van der Waals surface area contributed by atoms with Crippen molar-refractivity contribution in [3.63, 3.8) is 0 Å². The Hall–Kier alpha value is -2.63. The lowest BCUT2D eigenvalue weighted by Crippen LogP contribution is -2.09. The van der Waals surface area contributed by atoms with E-state index >= 15 is 0 Å². The fourth-order valence-corrected chi connectivity index (χ4v) is 2.40. The average Bonchev–Trinajstić information content (AvgIpc) is 3.13. The maximum Gasteiger partial charge on any atom is 0.321 e. The van der Waals surface area contributed by atoms with Crippen molar-refractivity contribution in [2.75, 3.05) is 5.32 Å². The Bertz CT molecular complexity index is 745. The summed E-state index contributed by atoms with van der Waals surface area (Å²) < 4.78 is 7.32. The van der Waals surface area contributed by atoms with Crippen LogP contribution in [-0.4, -0.2) is 19.7 Å². The second kappa shape index (κ2) is 5.63. The summed E-state index contributed by atoms with van der Waals surface area (Å²) in [5.74, 6) is 2.25. The number of imidazole rings is 1. The first-order valence-corrected chi connectivity index (χ1v) is 7.50. The molecular formula is C16H17N5O. The number of nitrogens with one attached hydrogen (secondary N) is 1. The normalized spacial score (nSPS) is 14.2. The molecule has 2 heterocycles. The summed E-state index contributed by atoms with van der Waals surface area (Å²) in [4.78, 5) is 8.75. The van der Waals surface area contributed by atoms with Crippen molar-refractivity contribution in [2.24, 2.45) is 0 Å². The van der Waals surface area contributed by atoms with Gasteiger partial charge in [0, 0.05) is 24.9 Å². The maximum atomic E-state index is 5.21. The molecule has 6 heteroatoms. The number of aromatic nitrogens is 4. The number of rotatable bonds is 6. The standard InChI is InChI=1S/C16H17N5O/c1-2-4-12(5-3-1)11-21-9-8-17-14(21)10-18-16-19-15(20-22-16)13-6-7-13/h1-5,8-9,13H,6-7,10-11H2,(H,18,19,20). The second-order valence-corrected chi connectivity index (χ2v) is 5.54. The van der Waals surface area contributed by atoms with Crippen LogP contribution in [0.25, 0.3) is 0 Å². The van der Waals surface area contributed by atoms with E-state index in [1.165, 1.54) is 18.4 Å². The third-order valence-corrected chi connectivity index (χ3v) is 3.78. The first kappa shape index (κ1) is 13.1. The van der Waals surface area contributed by atoms with Crippen LogP contribution in [0.3, 0.4) is 0 Å². The molecule has 1 fully saturated rings. The van der Waals surface area contributed by atoms with Crippen LogP contribution >= 0.6 is 0 Å². The third kappa shape index (κ3) is 2.86. The van der Waals surface area contributed by atoms with Crippen LogP contribution < -0.4 is 5.32 Å². The third-order valence-electron chi connectivity index (χ3n) is 3.78. The van der Waals surface area contributed by atoms with Crippen LogP contribution in [0.2, 0.25) is 0 Å². The zero-order chi connectivity index (χ0) is 14.8. The number of nitrogens with zero attached hydrogens (tertiary/aromatic N) is 4. The molecule has 6 nitrogen and oxygen atoms in total. The second-order valence-electron chi connectivity index (χ2n) is 5.54. The molecule has 1 N–H and O–H groups in total. The molecule has 0 bridgehead atoms. The van der Waals surface area contributed by atoms with Gasteiger partial charge in [0.25, 0.3) is 0 Å². The van der Waals surface area contributed by atoms with Crippen molar-refractivity contribution >= 4 is 6.01 Å². The monoisotopic (exact) mass is 295 g/mol. The average molecular weight is 295 g/mol. The summed E-state index contributed by atoms with van der Waals surface area (Å²) in [6.07, 6.45) is 6.12. The molecule has 0 aliphatic heterocycles. The van der Waals surface area contributed by atoms with Crippen LogP contribution in [0, 0.1) is 0 Å². The Labute approximate surface area is 128 Å². The molecule has 0 unspecified atom stereocenters. The van der Waals surface area contributed by atoms with E-state index in [2.05, 4.69) is 37.1 Å². The van der Waals surface area contributed by atoms with Crippen LogP contribution in [0.1, 0.15) is 36.0 Å². The topological polar surface area (TPSA) is 68.8 Å². The number of hydrogen-bond donors (Lipinski definition) is 1. The van der Waals surface area contributed by atoms with Gasteiger partial charge in [-0.1, -0.05) is 35.5 Å². The molecule has 1 aliphatic carbocycles. The highest BCUT2D eigenvalue weighted by atomic mass is 16.5. The molecule has 4 rings (SSSR count). The Kier molecular flexibility index (Phi) is 3.34.